The molecular formula is C17H22N6O2. The molecule has 1 fully saturated rings. The van der Waals surface area contributed by atoms with Crippen molar-refractivity contribution in [3.05, 3.63) is 41.7 Å². The lowest BCUT2D eigenvalue weighted by Gasteiger charge is -2.30. The lowest BCUT2D eigenvalue weighted by molar-refractivity contribution is -0.134. The number of hydrogen-bond acceptors (Lipinski definition) is 5. The average molecular weight is 342 g/mol. The van der Waals surface area contributed by atoms with E-state index in [4.69, 9.17) is 5.73 Å². The number of primary amides is 1. The Morgan fingerprint density at radius 2 is 1.88 bits per heavy atom. The monoisotopic (exact) mass is 342 g/mol. The van der Waals surface area contributed by atoms with E-state index in [0.717, 1.165) is 6.42 Å². The Bertz CT molecular complexity index is 722. The summed E-state index contributed by atoms with van der Waals surface area (Å²) in [6, 6.07) is 10.1. The minimum atomic E-state index is -0.281. The molecule has 0 aliphatic carbocycles. The van der Waals surface area contributed by atoms with Crippen LogP contribution in [0.3, 0.4) is 0 Å². The number of carbonyl (C=O) groups excluding carboxylic acids is 2. The maximum atomic E-state index is 12.5. The zero-order chi connectivity index (χ0) is 17.6. The molecule has 0 spiro atoms. The van der Waals surface area contributed by atoms with Crippen molar-refractivity contribution in [3.8, 4) is 0 Å². The maximum absolute atomic E-state index is 12.5. The van der Waals surface area contributed by atoms with Gasteiger partial charge in [0.2, 0.25) is 11.8 Å². The van der Waals surface area contributed by atoms with Gasteiger partial charge < -0.3 is 10.6 Å². The van der Waals surface area contributed by atoms with E-state index in [-0.39, 0.29) is 24.2 Å². The summed E-state index contributed by atoms with van der Waals surface area (Å²) < 4.78 is 1.68. The number of nitrogens with zero attached hydrogens (tertiary/aromatic N) is 5. The van der Waals surface area contributed by atoms with Crippen LogP contribution in [0, 0.1) is 5.92 Å². The van der Waals surface area contributed by atoms with E-state index in [1.165, 1.54) is 5.56 Å². The minimum absolute atomic E-state index is 0.0151. The van der Waals surface area contributed by atoms with Gasteiger partial charge in [-0.3, -0.25) is 9.59 Å². The second-order valence-corrected chi connectivity index (χ2v) is 6.29. The van der Waals surface area contributed by atoms with Gasteiger partial charge in [0, 0.05) is 25.6 Å². The van der Waals surface area contributed by atoms with Gasteiger partial charge in [-0.05, 0) is 35.3 Å². The van der Waals surface area contributed by atoms with Crippen LogP contribution < -0.4 is 5.73 Å². The molecule has 1 aromatic carbocycles. The van der Waals surface area contributed by atoms with E-state index >= 15 is 0 Å². The van der Waals surface area contributed by atoms with E-state index in [1.54, 1.807) is 9.58 Å². The molecule has 1 aliphatic heterocycles. The van der Waals surface area contributed by atoms with Crippen molar-refractivity contribution in [3.63, 3.8) is 0 Å². The summed E-state index contributed by atoms with van der Waals surface area (Å²) in [6.45, 7) is 1.74. The SMILES string of the molecule is NC(=O)C1CCN(C(=O)Cc2nnnn2CCc2ccccc2)CC1. The topological polar surface area (TPSA) is 107 Å². The standard InChI is InChI=1S/C17H22N6O2/c18-17(25)14-7-9-22(10-8-14)16(24)12-15-19-20-21-23(15)11-6-13-4-2-1-3-5-13/h1-5,14H,6-12H2,(H2,18,25). The molecule has 0 radical (unpaired) electrons. The molecule has 1 aromatic heterocycles. The van der Waals surface area contributed by atoms with E-state index in [0.29, 0.717) is 38.3 Å². The molecule has 3 rings (SSSR count). The van der Waals surface area contributed by atoms with Crippen LogP contribution in [-0.2, 0) is 29.0 Å². The Morgan fingerprint density at radius 1 is 1.16 bits per heavy atom. The number of aryl methyl sites for hydroxylation is 2. The van der Waals surface area contributed by atoms with E-state index in [9.17, 15) is 9.59 Å². The van der Waals surface area contributed by atoms with Gasteiger partial charge in [0.05, 0.1) is 6.42 Å². The molecule has 2 aromatic rings. The third-order valence-electron chi connectivity index (χ3n) is 4.62. The fourth-order valence-corrected chi connectivity index (χ4v) is 3.06. The number of piperidine rings is 1. The number of benzene rings is 1. The van der Waals surface area contributed by atoms with Gasteiger partial charge in [0.25, 0.3) is 0 Å². The Morgan fingerprint density at radius 3 is 2.56 bits per heavy atom. The first-order valence-corrected chi connectivity index (χ1v) is 8.49. The molecule has 0 atom stereocenters. The van der Waals surface area contributed by atoms with Gasteiger partial charge in [-0.25, -0.2) is 4.68 Å². The van der Waals surface area contributed by atoms with Gasteiger partial charge in [-0.15, -0.1) is 5.10 Å². The number of rotatable bonds is 6. The number of carbonyl (C=O) groups is 2. The van der Waals surface area contributed by atoms with Gasteiger partial charge in [-0.1, -0.05) is 30.3 Å². The van der Waals surface area contributed by atoms with Crippen LogP contribution in [0.2, 0.25) is 0 Å². The first-order chi connectivity index (χ1) is 12.1. The first kappa shape index (κ1) is 17.1. The van der Waals surface area contributed by atoms with Gasteiger partial charge in [0.15, 0.2) is 5.82 Å². The fourth-order valence-electron chi connectivity index (χ4n) is 3.06. The minimum Gasteiger partial charge on any atom is -0.369 e. The predicted octanol–water partition coefficient (Wildman–Crippen LogP) is 0.182. The molecule has 1 aliphatic rings. The number of amides is 2. The number of tetrazole rings is 1. The van der Waals surface area contributed by atoms with Crippen LogP contribution >= 0.6 is 0 Å². The highest BCUT2D eigenvalue weighted by Crippen LogP contribution is 2.17. The van der Waals surface area contributed by atoms with Crippen molar-refractivity contribution in [1.29, 1.82) is 0 Å². The smallest absolute Gasteiger partial charge is 0.230 e. The van der Waals surface area contributed by atoms with Crippen LogP contribution in [-0.4, -0.2) is 50.0 Å². The summed E-state index contributed by atoms with van der Waals surface area (Å²) in [4.78, 5) is 25.4. The zero-order valence-electron chi connectivity index (χ0n) is 14.0. The molecule has 2 heterocycles. The van der Waals surface area contributed by atoms with Crippen LogP contribution in [0.4, 0.5) is 0 Å². The number of likely N-dealkylation sites (tertiary alicyclic amines) is 1. The molecule has 8 nitrogen and oxygen atoms in total. The molecule has 8 heteroatoms. The van der Waals surface area contributed by atoms with Gasteiger partial charge >= 0.3 is 0 Å². The molecule has 2 amide bonds. The third kappa shape index (κ3) is 4.40. The predicted molar refractivity (Wildman–Crippen MR) is 90.2 cm³/mol. The van der Waals surface area contributed by atoms with Crippen LogP contribution in [0.25, 0.3) is 0 Å². The fraction of sp³-hybridized carbons (Fsp3) is 0.471. The number of aromatic nitrogens is 4. The van der Waals surface area contributed by atoms with Crippen LogP contribution in [0.15, 0.2) is 30.3 Å². The second-order valence-electron chi connectivity index (χ2n) is 6.29. The second kappa shape index (κ2) is 7.87. The van der Waals surface area contributed by atoms with Crippen molar-refractivity contribution in [2.75, 3.05) is 13.1 Å². The van der Waals surface area contributed by atoms with Crippen molar-refractivity contribution in [2.45, 2.75) is 32.2 Å². The number of hydrogen-bond donors (Lipinski definition) is 1. The summed E-state index contributed by atoms with van der Waals surface area (Å²) in [7, 11) is 0. The van der Waals surface area contributed by atoms with Crippen molar-refractivity contribution >= 4 is 11.8 Å². The van der Waals surface area contributed by atoms with E-state index in [2.05, 4.69) is 27.7 Å². The lowest BCUT2D eigenvalue weighted by atomic mass is 9.96. The highest BCUT2D eigenvalue weighted by molar-refractivity contribution is 5.79. The van der Waals surface area contributed by atoms with E-state index < -0.39 is 0 Å². The Kier molecular flexibility index (Phi) is 5.37. The Hall–Kier alpha value is -2.77. The van der Waals surface area contributed by atoms with Crippen molar-refractivity contribution in [2.24, 2.45) is 11.7 Å². The van der Waals surface area contributed by atoms with Crippen molar-refractivity contribution < 1.29 is 9.59 Å². The summed E-state index contributed by atoms with van der Waals surface area (Å²) in [6.07, 6.45) is 2.22. The third-order valence-corrected chi connectivity index (χ3v) is 4.62. The largest absolute Gasteiger partial charge is 0.369 e. The molecule has 2 N–H and O–H groups in total. The summed E-state index contributed by atoms with van der Waals surface area (Å²) in [5.41, 5.74) is 6.53. The molecule has 0 unspecified atom stereocenters. The Balaban J connectivity index is 1.54. The number of nitrogens with two attached hydrogens (primary N) is 1. The van der Waals surface area contributed by atoms with Crippen LogP contribution in [0.1, 0.15) is 24.2 Å². The normalized spacial score (nSPS) is 15.3. The Labute approximate surface area is 146 Å². The summed E-state index contributed by atoms with van der Waals surface area (Å²) in [5.74, 6) is 0.147. The van der Waals surface area contributed by atoms with Gasteiger partial charge in [-0.2, -0.15) is 0 Å². The average Bonchev–Trinajstić information content (AvgIpc) is 3.08. The quantitative estimate of drug-likeness (QED) is 0.806. The molecule has 25 heavy (non-hydrogen) atoms. The van der Waals surface area contributed by atoms with Gasteiger partial charge in [0.1, 0.15) is 0 Å². The molecular weight excluding hydrogens is 320 g/mol. The molecule has 0 bridgehead atoms. The summed E-state index contributed by atoms with van der Waals surface area (Å²) >= 11 is 0. The molecule has 0 saturated carbocycles. The highest BCUT2D eigenvalue weighted by Gasteiger charge is 2.26. The molecule has 132 valence electrons. The summed E-state index contributed by atoms with van der Waals surface area (Å²) in [5, 5.41) is 11.7. The first-order valence-electron chi connectivity index (χ1n) is 8.49. The molecule has 1 saturated heterocycles. The highest BCUT2D eigenvalue weighted by atomic mass is 16.2. The zero-order valence-corrected chi connectivity index (χ0v) is 14.0. The van der Waals surface area contributed by atoms with E-state index in [1.807, 2.05) is 18.2 Å². The lowest BCUT2D eigenvalue weighted by Crippen LogP contribution is -2.42. The van der Waals surface area contributed by atoms with Crippen LogP contribution in [0.5, 0.6) is 0 Å². The van der Waals surface area contributed by atoms with Crippen molar-refractivity contribution in [1.82, 2.24) is 25.1 Å². The maximum Gasteiger partial charge on any atom is 0.230 e.